The van der Waals surface area contributed by atoms with Gasteiger partial charge in [0.25, 0.3) is 0 Å². The summed E-state index contributed by atoms with van der Waals surface area (Å²) >= 11 is 0. The van der Waals surface area contributed by atoms with Crippen molar-refractivity contribution >= 4 is 11.8 Å². The molecule has 0 saturated carbocycles. The van der Waals surface area contributed by atoms with Gasteiger partial charge in [-0.15, -0.1) is 0 Å². The largest absolute Gasteiger partial charge is 0.468 e. The summed E-state index contributed by atoms with van der Waals surface area (Å²) in [6.45, 7) is 0.312. The third-order valence-electron chi connectivity index (χ3n) is 2.38. The standard InChI is InChI=1S/C11H17N3O3/c1-12-10(15)11(16)13-7-8(14(2)3)9-5-4-6-17-9/h4-6,8H,7H2,1-3H3,(H,12,15)(H,13,16). The normalized spacial score (nSPS) is 12.2. The summed E-state index contributed by atoms with van der Waals surface area (Å²) in [4.78, 5) is 24.2. The van der Waals surface area contributed by atoms with Gasteiger partial charge < -0.3 is 15.1 Å². The average Bonchev–Trinajstić information content (AvgIpc) is 2.81. The summed E-state index contributed by atoms with van der Waals surface area (Å²) in [5.74, 6) is -0.555. The molecular weight excluding hydrogens is 222 g/mol. The smallest absolute Gasteiger partial charge is 0.309 e. The van der Waals surface area contributed by atoms with E-state index >= 15 is 0 Å². The fourth-order valence-electron chi connectivity index (χ4n) is 1.40. The molecule has 2 amide bonds. The first-order valence-corrected chi connectivity index (χ1v) is 5.26. The van der Waals surface area contributed by atoms with E-state index in [4.69, 9.17) is 4.42 Å². The number of amides is 2. The Kier molecular flexibility index (Phi) is 4.71. The predicted octanol–water partition coefficient (Wildman–Crippen LogP) is -0.255. The Hall–Kier alpha value is -1.82. The van der Waals surface area contributed by atoms with Gasteiger partial charge in [-0.2, -0.15) is 0 Å². The van der Waals surface area contributed by atoms with E-state index in [9.17, 15) is 9.59 Å². The van der Waals surface area contributed by atoms with Crippen LogP contribution in [0, 0.1) is 0 Å². The molecule has 0 bridgehead atoms. The zero-order chi connectivity index (χ0) is 12.8. The topological polar surface area (TPSA) is 74.6 Å². The number of likely N-dealkylation sites (N-methyl/N-ethyl adjacent to an activating group) is 2. The van der Waals surface area contributed by atoms with Crippen molar-refractivity contribution in [2.45, 2.75) is 6.04 Å². The first-order valence-electron chi connectivity index (χ1n) is 5.26. The lowest BCUT2D eigenvalue weighted by molar-refractivity contribution is -0.139. The van der Waals surface area contributed by atoms with Crippen molar-refractivity contribution in [3.63, 3.8) is 0 Å². The molecule has 0 aliphatic carbocycles. The molecule has 1 aromatic rings. The molecule has 6 heteroatoms. The summed E-state index contributed by atoms with van der Waals surface area (Å²) in [5.41, 5.74) is 0. The van der Waals surface area contributed by atoms with E-state index in [2.05, 4.69) is 10.6 Å². The number of nitrogens with one attached hydrogen (secondary N) is 2. The first kappa shape index (κ1) is 13.2. The molecule has 0 aliphatic rings. The molecule has 1 rings (SSSR count). The Bertz CT molecular complexity index is 373. The second-order valence-corrected chi connectivity index (χ2v) is 3.78. The quantitative estimate of drug-likeness (QED) is 0.710. The maximum absolute atomic E-state index is 11.3. The summed E-state index contributed by atoms with van der Waals surface area (Å²) < 4.78 is 5.28. The first-order chi connectivity index (χ1) is 8.06. The highest BCUT2D eigenvalue weighted by Crippen LogP contribution is 2.17. The van der Waals surface area contributed by atoms with E-state index < -0.39 is 11.8 Å². The van der Waals surface area contributed by atoms with Crippen LogP contribution in [0.25, 0.3) is 0 Å². The number of hydrogen-bond donors (Lipinski definition) is 2. The summed E-state index contributed by atoms with van der Waals surface area (Å²) in [6.07, 6.45) is 1.58. The maximum atomic E-state index is 11.3. The second-order valence-electron chi connectivity index (χ2n) is 3.78. The Balaban J connectivity index is 2.58. The third-order valence-corrected chi connectivity index (χ3v) is 2.38. The molecule has 1 aromatic heterocycles. The van der Waals surface area contributed by atoms with E-state index in [1.54, 1.807) is 12.3 Å². The minimum Gasteiger partial charge on any atom is -0.468 e. The van der Waals surface area contributed by atoms with Crippen molar-refractivity contribution in [1.29, 1.82) is 0 Å². The fraction of sp³-hybridized carbons (Fsp3) is 0.455. The molecule has 94 valence electrons. The van der Waals surface area contributed by atoms with Gasteiger partial charge in [0.2, 0.25) is 0 Å². The maximum Gasteiger partial charge on any atom is 0.309 e. The second kappa shape index (κ2) is 6.05. The van der Waals surface area contributed by atoms with Crippen LogP contribution < -0.4 is 10.6 Å². The minimum absolute atomic E-state index is 0.0985. The highest BCUT2D eigenvalue weighted by atomic mass is 16.3. The number of hydrogen-bond acceptors (Lipinski definition) is 4. The molecule has 0 aliphatic heterocycles. The van der Waals surface area contributed by atoms with Crippen LogP contribution in [0.2, 0.25) is 0 Å². The summed E-state index contributed by atoms with van der Waals surface area (Å²) in [6, 6.07) is 3.52. The van der Waals surface area contributed by atoms with Gasteiger partial charge in [0, 0.05) is 13.6 Å². The van der Waals surface area contributed by atoms with Gasteiger partial charge in [-0.1, -0.05) is 0 Å². The van der Waals surface area contributed by atoms with Crippen LogP contribution in [0.4, 0.5) is 0 Å². The van der Waals surface area contributed by atoms with Crippen LogP contribution in [0.3, 0.4) is 0 Å². The zero-order valence-electron chi connectivity index (χ0n) is 10.2. The van der Waals surface area contributed by atoms with Crippen LogP contribution >= 0.6 is 0 Å². The molecule has 17 heavy (non-hydrogen) atoms. The van der Waals surface area contributed by atoms with Crippen molar-refractivity contribution in [3.05, 3.63) is 24.2 Å². The predicted molar refractivity (Wildman–Crippen MR) is 62.2 cm³/mol. The monoisotopic (exact) mass is 239 g/mol. The van der Waals surface area contributed by atoms with Crippen molar-refractivity contribution in [2.24, 2.45) is 0 Å². The molecule has 0 spiro atoms. The van der Waals surface area contributed by atoms with Crippen molar-refractivity contribution in [3.8, 4) is 0 Å². The van der Waals surface area contributed by atoms with Crippen molar-refractivity contribution in [1.82, 2.24) is 15.5 Å². The van der Waals surface area contributed by atoms with Gasteiger partial charge in [0.1, 0.15) is 5.76 Å². The van der Waals surface area contributed by atoms with Crippen molar-refractivity contribution < 1.29 is 14.0 Å². The summed E-state index contributed by atoms with van der Waals surface area (Å²) in [5, 5.41) is 4.81. The molecule has 2 N–H and O–H groups in total. The van der Waals surface area contributed by atoms with Gasteiger partial charge in [-0.25, -0.2) is 0 Å². The molecule has 0 aromatic carbocycles. The van der Waals surface area contributed by atoms with Crippen LogP contribution in [0.5, 0.6) is 0 Å². The molecule has 0 fully saturated rings. The Morgan fingerprint density at radius 2 is 2.12 bits per heavy atom. The van der Waals surface area contributed by atoms with E-state index in [1.807, 2.05) is 25.1 Å². The van der Waals surface area contributed by atoms with Crippen LogP contribution in [-0.2, 0) is 9.59 Å². The van der Waals surface area contributed by atoms with Crippen molar-refractivity contribution in [2.75, 3.05) is 27.7 Å². The lowest BCUT2D eigenvalue weighted by atomic mass is 10.2. The zero-order valence-corrected chi connectivity index (χ0v) is 10.2. The molecule has 6 nitrogen and oxygen atoms in total. The highest BCUT2D eigenvalue weighted by molar-refractivity contribution is 6.35. The number of carbonyl (C=O) groups is 2. The molecular formula is C11H17N3O3. The number of carbonyl (C=O) groups excluding carboxylic acids is 2. The van der Waals surface area contributed by atoms with Gasteiger partial charge in [0.15, 0.2) is 0 Å². The Morgan fingerprint density at radius 1 is 1.41 bits per heavy atom. The molecule has 1 atom stereocenters. The van der Waals surface area contributed by atoms with E-state index in [0.717, 1.165) is 5.76 Å². The van der Waals surface area contributed by atoms with Gasteiger partial charge in [0.05, 0.1) is 12.3 Å². The summed E-state index contributed by atoms with van der Waals surface area (Å²) in [7, 11) is 5.16. The van der Waals surface area contributed by atoms with Crippen LogP contribution in [-0.4, -0.2) is 44.4 Å². The van der Waals surface area contributed by atoms with Gasteiger partial charge in [-0.05, 0) is 26.2 Å². The Labute approximate surface area is 100.0 Å². The van der Waals surface area contributed by atoms with E-state index in [-0.39, 0.29) is 6.04 Å². The SMILES string of the molecule is CNC(=O)C(=O)NCC(c1ccco1)N(C)C. The number of furan rings is 1. The lowest BCUT2D eigenvalue weighted by Gasteiger charge is -2.22. The number of nitrogens with zero attached hydrogens (tertiary/aromatic N) is 1. The molecule has 0 radical (unpaired) electrons. The minimum atomic E-state index is -0.651. The molecule has 1 unspecified atom stereocenters. The molecule has 1 heterocycles. The van der Waals surface area contributed by atoms with E-state index in [0.29, 0.717) is 6.54 Å². The third kappa shape index (κ3) is 3.60. The lowest BCUT2D eigenvalue weighted by Crippen LogP contribution is -2.41. The number of rotatable bonds is 4. The fourth-order valence-corrected chi connectivity index (χ4v) is 1.40. The van der Waals surface area contributed by atoms with Crippen LogP contribution in [0.15, 0.2) is 22.8 Å². The average molecular weight is 239 g/mol. The van der Waals surface area contributed by atoms with Crippen LogP contribution in [0.1, 0.15) is 11.8 Å². The van der Waals surface area contributed by atoms with E-state index in [1.165, 1.54) is 7.05 Å². The highest BCUT2D eigenvalue weighted by Gasteiger charge is 2.19. The van der Waals surface area contributed by atoms with Gasteiger partial charge >= 0.3 is 11.8 Å². The molecule has 0 saturated heterocycles. The van der Waals surface area contributed by atoms with Gasteiger partial charge in [-0.3, -0.25) is 14.5 Å². The Morgan fingerprint density at radius 3 is 2.59 bits per heavy atom.